The van der Waals surface area contributed by atoms with Gasteiger partial charge in [0.25, 0.3) is 0 Å². The highest BCUT2D eigenvalue weighted by Crippen LogP contribution is 2.22. The maximum atomic E-state index is 4.52. The molecule has 2 aromatic rings. The molecule has 1 atom stereocenters. The predicted molar refractivity (Wildman–Crippen MR) is 85.5 cm³/mol. The van der Waals surface area contributed by atoms with E-state index in [1.807, 2.05) is 24.7 Å². The van der Waals surface area contributed by atoms with Crippen molar-refractivity contribution in [2.24, 2.45) is 7.05 Å². The summed E-state index contributed by atoms with van der Waals surface area (Å²) in [6, 6.07) is 4.43. The van der Waals surface area contributed by atoms with Crippen molar-refractivity contribution >= 4 is 12.4 Å². The number of aryl methyl sites for hydroxylation is 2. The normalized spacial score (nSPS) is 19.2. The highest BCUT2D eigenvalue weighted by Gasteiger charge is 2.27. The minimum absolute atomic E-state index is 0. The Morgan fingerprint density at radius 2 is 2.19 bits per heavy atom. The van der Waals surface area contributed by atoms with Crippen molar-refractivity contribution in [2.75, 3.05) is 19.6 Å². The molecule has 1 fully saturated rings. The lowest BCUT2D eigenvalue weighted by Gasteiger charge is -2.35. The number of nitrogens with one attached hydrogen (secondary N) is 1. The van der Waals surface area contributed by atoms with E-state index >= 15 is 0 Å². The molecule has 0 saturated carbocycles. The van der Waals surface area contributed by atoms with Gasteiger partial charge in [0.15, 0.2) is 0 Å². The first-order valence-electron chi connectivity index (χ1n) is 7.08. The molecule has 2 aromatic heterocycles. The predicted octanol–water partition coefficient (Wildman–Crippen LogP) is 1.69. The molecule has 6 heteroatoms. The first-order valence-corrected chi connectivity index (χ1v) is 7.08. The maximum Gasteiger partial charge on any atom is 0.127 e. The number of hydrogen-bond donors (Lipinski definition) is 1. The molecule has 5 nitrogen and oxygen atoms in total. The van der Waals surface area contributed by atoms with E-state index in [9.17, 15) is 0 Å². The van der Waals surface area contributed by atoms with E-state index in [1.54, 1.807) is 0 Å². The van der Waals surface area contributed by atoms with Gasteiger partial charge in [0.1, 0.15) is 5.82 Å². The van der Waals surface area contributed by atoms with Crippen LogP contribution in [0.3, 0.4) is 0 Å². The summed E-state index contributed by atoms with van der Waals surface area (Å²) in [7, 11) is 2.06. The summed E-state index contributed by atoms with van der Waals surface area (Å²) in [6.45, 7) is 5.99. The Kier molecular flexibility index (Phi) is 5.33. The maximum absolute atomic E-state index is 4.52. The van der Waals surface area contributed by atoms with Crippen LogP contribution in [-0.2, 0) is 13.6 Å². The third-order valence-corrected chi connectivity index (χ3v) is 3.98. The van der Waals surface area contributed by atoms with E-state index in [4.69, 9.17) is 0 Å². The zero-order valence-electron chi connectivity index (χ0n) is 12.5. The van der Waals surface area contributed by atoms with Gasteiger partial charge in [0, 0.05) is 51.8 Å². The Morgan fingerprint density at radius 3 is 2.90 bits per heavy atom. The SMILES string of the molecule is Cc1cccnc1CN1CCNCC1c1nccn1C.Cl. The summed E-state index contributed by atoms with van der Waals surface area (Å²) in [5.41, 5.74) is 2.42. The van der Waals surface area contributed by atoms with Crippen molar-refractivity contribution < 1.29 is 0 Å². The summed E-state index contributed by atoms with van der Waals surface area (Å²) >= 11 is 0. The second kappa shape index (κ2) is 7.02. The Labute approximate surface area is 131 Å². The van der Waals surface area contributed by atoms with Crippen molar-refractivity contribution in [1.82, 2.24) is 24.8 Å². The number of hydrogen-bond acceptors (Lipinski definition) is 4. The van der Waals surface area contributed by atoms with Crippen LogP contribution in [0.15, 0.2) is 30.7 Å². The van der Waals surface area contributed by atoms with Gasteiger partial charge in [0.05, 0.1) is 11.7 Å². The minimum atomic E-state index is 0. The second-order valence-corrected chi connectivity index (χ2v) is 5.35. The van der Waals surface area contributed by atoms with Crippen LogP contribution < -0.4 is 5.32 Å². The molecule has 0 spiro atoms. The van der Waals surface area contributed by atoms with Crippen molar-refractivity contribution in [3.63, 3.8) is 0 Å². The summed E-state index contributed by atoms with van der Waals surface area (Å²) in [4.78, 5) is 11.5. The van der Waals surface area contributed by atoms with Crippen LogP contribution in [0.4, 0.5) is 0 Å². The lowest BCUT2D eigenvalue weighted by atomic mass is 10.1. The van der Waals surface area contributed by atoms with Crippen LogP contribution in [0.25, 0.3) is 0 Å². The molecule has 1 unspecified atom stereocenters. The summed E-state index contributed by atoms with van der Waals surface area (Å²) in [6.07, 6.45) is 5.75. The molecule has 3 heterocycles. The van der Waals surface area contributed by atoms with Crippen LogP contribution in [0.2, 0.25) is 0 Å². The van der Waals surface area contributed by atoms with Crippen LogP contribution in [0.5, 0.6) is 0 Å². The summed E-state index contributed by atoms with van der Waals surface area (Å²) in [5, 5.41) is 3.47. The fourth-order valence-electron chi connectivity index (χ4n) is 2.76. The molecule has 1 aliphatic heterocycles. The fourth-order valence-corrected chi connectivity index (χ4v) is 2.76. The van der Waals surface area contributed by atoms with E-state index in [0.29, 0.717) is 6.04 Å². The van der Waals surface area contributed by atoms with E-state index in [2.05, 4.69) is 44.8 Å². The first-order chi connectivity index (χ1) is 9.75. The molecule has 0 radical (unpaired) electrons. The Hall–Kier alpha value is -1.43. The molecule has 1 N–H and O–H groups in total. The average Bonchev–Trinajstić information content (AvgIpc) is 2.88. The Morgan fingerprint density at radius 1 is 1.33 bits per heavy atom. The lowest BCUT2D eigenvalue weighted by molar-refractivity contribution is 0.142. The monoisotopic (exact) mass is 307 g/mol. The molecule has 1 aliphatic rings. The van der Waals surface area contributed by atoms with Crippen molar-refractivity contribution in [2.45, 2.75) is 19.5 Å². The van der Waals surface area contributed by atoms with Crippen molar-refractivity contribution in [3.05, 3.63) is 47.8 Å². The Bertz CT molecular complexity index is 583. The Balaban J connectivity index is 0.00000161. The molecule has 0 amide bonds. The molecular weight excluding hydrogens is 286 g/mol. The number of nitrogens with zero attached hydrogens (tertiary/aromatic N) is 4. The highest BCUT2D eigenvalue weighted by molar-refractivity contribution is 5.85. The summed E-state index contributed by atoms with van der Waals surface area (Å²) < 4.78 is 2.11. The average molecular weight is 308 g/mol. The molecule has 0 aliphatic carbocycles. The van der Waals surface area contributed by atoms with Crippen molar-refractivity contribution in [1.29, 1.82) is 0 Å². The van der Waals surface area contributed by atoms with Gasteiger partial charge in [0.2, 0.25) is 0 Å². The minimum Gasteiger partial charge on any atom is -0.337 e. The number of aromatic nitrogens is 3. The van der Waals surface area contributed by atoms with Gasteiger partial charge in [-0.25, -0.2) is 4.98 Å². The van der Waals surface area contributed by atoms with Crippen LogP contribution in [-0.4, -0.2) is 39.1 Å². The quantitative estimate of drug-likeness (QED) is 0.937. The van der Waals surface area contributed by atoms with E-state index < -0.39 is 0 Å². The van der Waals surface area contributed by atoms with Gasteiger partial charge in [-0.1, -0.05) is 6.07 Å². The third-order valence-electron chi connectivity index (χ3n) is 3.98. The number of pyridine rings is 1. The number of imidazole rings is 1. The van der Waals surface area contributed by atoms with Gasteiger partial charge in [-0.15, -0.1) is 12.4 Å². The van der Waals surface area contributed by atoms with Gasteiger partial charge in [-0.05, 0) is 18.6 Å². The van der Waals surface area contributed by atoms with E-state index in [1.165, 1.54) is 5.56 Å². The number of halogens is 1. The molecular formula is C15H22ClN5. The zero-order chi connectivity index (χ0) is 13.9. The molecule has 0 bridgehead atoms. The van der Waals surface area contributed by atoms with Crippen LogP contribution in [0.1, 0.15) is 23.1 Å². The zero-order valence-corrected chi connectivity index (χ0v) is 13.3. The van der Waals surface area contributed by atoms with Crippen molar-refractivity contribution in [3.8, 4) is 0 Å². The van der Waals surface area contributed by atoms with Gasteiger partial charge in [-0.3, -0.25) is 9.88 Å². The second-order valence-electron chi connectivity index (χ2n) is 5.35. The molecule has 0 aromatic carbocycles. The van der Waals surface area contributed by atoms with E-state index in [0.717, 1.165) is 37.7 Å². The van der Waals surface area contributed by atoms with E-state index in [-0.39, 0.29) is 12.4 Å². The number of rotatable bonds is 3. The van der Waals surface area contributed by atoms with Gasteiger partial charge >= 0.3 is 0 Å². The first kappa shape index (κ1) is 15.9. The van der Waals surface area contributed by atoms with Crippen LogP contribution >= 0.6 is 12.4 Å². The highest BCUT2D eigenvalue weighted by atomic mass is 35.5. The smallest absolute Gasteiger partial charge is 0.127 e. The molecule has 21 heavy (non-hydrogen) atoms. The van der Waals surface area contributed by atoms with Gasteiger partial charge < -0.3 is 9.88 Å². The topological polar surface area (TPSA) is 46.0 Å². The standard InChI is InChI=1S/C15H21N5.ClH/c1-12-4-3-5-17-13(12)11-20-9-6-16-10-14(20)15-18-7-8-19(15)2;/h3-5,7-8,14,16H,6,9-11H2,1-2H3;1H. The fraction of sp³-hybridized carbons (Fsp3) is 0.467. The largest absolute Gasteiger partial charge is 0.337 e. The lowest BCUT2D eigenvalue weighted by Crippen LogP contribution is -2.46. The van der Waals surface area contributed by atoms with Gasteiger partial charge in [-0.2, -0.15) is 0 Å². The number of piperazine rings is 1. The molecule has 1 saturated heterocycles. The third kappa shape index (κ3) is 3.43. The summed E-state index contributed by atoms with van der Waals surface area (Å²) in [5.74, 6) is 1.12. The molecule has 3 rings (SSSR count). The molecule has 114 valence electrons. The van der Waals surface area contributed by atoms with Crippen LogP contribution in [0, 0.1) is 6.92 Å².